The molecular formula is C33H43FN5O11P. The van der Waals surface area contributed by atoms with E-state index in [0.717, 1.165) is 0 Å². The Hall–Kier alpha value is -4.15. The smallest absolute Gasteiger partial charge is 0.459 e. The van der Waals surface area contributed by atoms with Gasteiger partial charge in [-0.05, 0) is 45.0 Å². The molecule has 1 aromatic carbocycles. The Kier molecular flexibility index (Phi) is 10.5. The number of carbonyl (C=O) groups excluding carboxylic acids is 3. The van der Waals surface area contributed by atoms with Gasteiger partial charge >= 0.3 is 25.7 Å². The van der Waals surface area contributed by atoms with Crippen LogP contribution in [0.2, 0.25) is 0 Å². The quantitative estimate of drug-likeness (QED) is 0.116. The topological polar surface area (TPSA) is 212 Å². The highest BCUT2D eigenvalue weighted by atomic mass is 31.2. The lowest BCUT2D eigenvalue weighted by Gasteiger charge is -2.31. The monoisotopic (exact) mass is 735 g/mol. The summed E-state index contributed by atoms with van der Waals surface area (Å²) in [5.74, 6) is -3.76. The number of rotatable bonds is 15. The fourth-order valence-corrected chi connectivity index (χ4v) is 7.43. The van der Waals surface area contributed by atoms with Crippen molar-refractivity contribution in [2.24, 2.45) is 11.8 Å². The van der Waals surface area contributed by atoms with Crippen molar-refractivity contribution in [3.8, 4) is 5.75 Å². The molecule has 1 saturated carbocycles. The molecule has 0 radical (unpaired) electrons. The maximum absolute atomic E-state index is 15.7. The van der Waals surface area contributed by atoms with E-state index in [-0.39, 0.29) is 23.9 Å². The number of ether oxygens (including phenoxy) is 4. The van der Waals surface area contributed by atoms with E-state index >= 15 is 4.39 Å². The summed E-state index contributed by atoms with van der Waals surface area (Å²) in [6.45, 7) is 8.67. The second-order valence-corrected chi connectivity index (χ2v) is 15.4. The van der Waals surface area contributed by atoms with Gasteiger partial charge in [-0.15, -0.1) is 0 Å². The number of anilines is 1. The SMILES string of the molecule is CC(C)C(=O)O[C@H]1[C@H](c2ccc3c(N)ncnn23)O[C@]2(CF)[C@@H](OP(=O)(N[C@@H](C)C(=O)OCC(C)(C)O)Oc3ccccc3)[C@]12OC(=O)C(C)C. The van der Waals surface area contributed by atoms with Gasteiger partial charge in [0.15, 0.2) is 23.6 Å². The minimum atomic E-state index is -4.77. The van der Waals surface area contributed by atoms with Crippen LogP contribution in [0.4, 0.5) is 10.2 Å². The number of nitrogens with two attached hydrogens (primary N) is 1. The number of benzene rings is 1. The molecule has 2 aromatic heterocycles. The van der Waals surface area contributed by atoms with E-state index in [1.165, 1.54) is 43.7 Å². The number of hydrogen-bond acceptors (Lipinski definition) is 14. The summed E-state index contributed by atoms with van der Waals surface area (Å²) in [7, 11) is -4.77. The Labute approximate surface area is 293 Å². The molecule has 0 amide bonds. The average Bonchev–Trinajstić information content (AvgIpc) is 3.31. The minimum absolute atomic E-state index is 0.0391. The van der Waals surface area contributed by atoms with Gasteiger partial charge in [-0.25, -0.2) is 18.5 Å². The van der Waals surface area contributed by atoms with Gasteiger partial charge in [0.1, 0.15) is 43.0 Å². The number of para-hydroxylation sites is 1. The van der Waals surface area contributed by atoms with Crippen molar-refractivity contribution in [3.63, 3.8) is 0 Å². The first kappa shape index (κ1) is 38.1. The van der Waals surface area contributed by atoms with Crippen LogP contribution in [-0.2, 0) is 42.4 Å². The van der Waals surface area contributed by atoms with Crippen LogP contribution in [0.3, 0.4) is 0 Å². The van der Waals surface area contributed by atoms with Crippen LogP contribution < -0.4 is 15.3 Å². The Balaban J connectivity index is 1.60. The first-order valence-corrected chi connectivity index (χ1v) is 17.9. The van der Waals surface area contributed by atoms with E-state index in [4.69, 9.17) is 33.7 Å². The summed E-state index contributed by atoms with van der Waals surface area (Å²) in [6, 6.07) is 9.59. The summed E-state index contributed by atoms with van der Waals surface area (Å²) in [4.78, 5) is 43.5. The predicted octanol–water partition coefficient (Wildman–Crippen LogP) is 3.48. The molecule has 18 heteroatoms. The average molecular weight is 736 g/mol. The number of fused-ring (bicyclic) bond motifs is 2. The third-order valence-corrected chi connectivity index (χ3v) is 10.0. The Morgan fingerprint density at radius 2 is 1.75 bits per heavy atom. The molecule has 1 aliphatic heterocycles. The van der Waals surface area contributed by atoms with Gasteiger partial charge in [0.05, 0.1) is 23.1 Å². The molecule has 1 saturated heterocycles. The standard InChI is InChI=1S/C33H43FN5O11P/c1-18(2)27(40)46-25-24(22-13-14-23-26(35)36-17-37-39(22)23)47-32(15-34)30(33(25,32)48-28(41)19(3)4)50-51(44,49-21-11-9-8-10-12-21)38-20(5)29(42)45-16-31(6,7)43/h8-14,17-20,24-25,30,43H,15-16H2,1-7H3,(H,38,44)(H2,35,36,37)/t20-,24-,25-,30+,32+,33+,51?/m0/s1. The van der Waals surface area contributed by atoms with Crippen LogP contribution in [0.1, 0.15) is 60.3 Å². The Bertz CT molecular complexity index is 1820. The highest BCUT2D eigenvalue weighted by Gasteiger charge is 2.94. The first-order chi connectivity index (χ1) is 23.9. The van der Waals surface area contributed by atoms with Crippen molar-refractivity contribution < 1.29 is 56.4 Å². The number of esters is 3. The molecule has 2 fully saturated rings. The second-order valence-electron chi connectivity index (χ2n) is 13.8. The van der Waals surface area contributed by atoms with E-state index in [0.29, 0.717) is 5.52 Å². The van der Waals surface area contributed by atoms with Crippen molar-refractivity contribution in [3.05, 3.63) is 54.5 Å². The lowest BCUT2D eigenvalue weighted by Crippen LogP contribution is -2.45. The second kappa shape index (κ2) is 14.1. The molecule has 3 aromatic rings. The maximum atomic E-state index is 15.7. The number of carbonyl (C=O) groups is 3. The molecule has 4 N–H and O–H groups in total. The highest BCUT2D eigenvalue weighted by Crippen LogP contribution is 2.71. The van der Waals surface area contributed by atoms with Crippen molar-refractivity contribution in [1.29, 1.82) is 0 Å². The van der Waals surface area contributed by atoms with E-state index in [1.807, 2.05) is 0 Å². The summed E-state index contributed by atoms with van der Waals surface area (Å²) < 4.78 is 67.2. The zero-order valence-electron chi connectivity index (χ0n) is 29.3. The predicted molar refractivity (Wildman–Crippen MR) is 178 cm³/mol. The van der Waals surface area contributed by atoms with Crippen LogP contribution >= 0.6 is 7.75 Å². The normalized spacial score (nSPS) is 26.0. The number of aliphatic hydroxyl groups is 1. The summed E-state index contributed by atoms with van der Waals surface area (Å²) in [5, 5.41) is 16.8. The third-order valence-electron chi connectivity index (χ3n) is 8.37. The molecule has 278 valence electrons. The van der Waals surface area contributed by atoms with E-state index in [1.54, 1.807) is 58.0 Å². The van der Waals surface area contributed by atoms with Gasteiger partial charge in [-0.2, -0.15) is 10.2 Å². The van der Waals surface area contributed by atoms with Crippen LogP contribution in [0.5, 0.6) is 5.75 Å². The Morgan fingerprint density at radius 3 is 2.35 bits per heavy atom. The molecular weight excluding hydrogens is 692 g/mol. The van der Waals surface area contributed by atoms with Crippen LogP contribution in [-0.4, -0.2) is 85.9 Å². The van der Waals surface area contributed by atoms with Gasteiger partial charge in [0.25, 0.3) is 0 Å². The molecule has 51 heavy (non-hydrogen) atoms. The van der Waals surface area contributed by atoms with Crippen LogP contribution in [0.25, 0.3) is 5.52 Å². The zero-order valence-corrected chi connectivity index (χ0v) is 30.2. The first-order valence-electron chi connectivity index (χ1n) is 16.3. The summed E-state index contributed by atoms with van der Waals surface area (Å²) >= 11 is 0. The van der Waals surface area contributed by atoms with E-state index in [2.05, 4.69) is 15.2 Å². The fourth-order valence-electron chi connectivity index (χ4n) is 5.69. The number of nitrogens with one attached hydrogen (secondary N) is 1. The van der Waals surface area contributed by atoms with Crippen LogP contribution in [0, 0.1) is 11.8 Å². The Morgan fingerprint density at radius 1 is 1.08 bits per heavy atom. The fraction of sp³-hybridized carbons (Fsp3) is 0.545. The zero-order chi connectivity index (χ0) is 37.5. The number of halogens is 1. The van der Waals surface area contributed by atoms with E-state index < -0.39 is 85.3 Å². The lowest BCUT2D eigenvalue weighted by molar-refractivity contribution is -0.181. The van der Waals surface area contributed by atoms with Crippen molar-refractivity contribution in [2.45, 2.75) is 89.6 Å². The minimum Gasteiger partial charge on any atom is -0.461 e. The molecule has 7 atom stereocenters. The molecule has 1 unspecified atom stereocenters. The molecule has 0 bridgehead atoms. The van der Waals surface area contributed by atoms with Gasteiger partial charge < -0.3 is 34.3 Å². The number of hydrogen-bond donors (Lipinski definition) is 3. The van der Waals surface area contributed by atoms with Gasteiger partial charge in [-0.3, -0.25) is 18.9 Å². The molecule has 1 aliphatic carbocycles. The number of aromatic nitrogens is 3. The van der Waals surface area contributed by atoms with Gasteiger partial charge in [-0.1, -0.05) is 45.9 Å². The molecule has 0 spiro atoms. The molecule has 16 nitrogen and oxygen atoms in total. The number of nitrogens with zero attached hydrogens (tertiary/aromatic N) is 3. The van der Waals surface area contributed by atoms with Crippen molar-refractivity contribution >= 4 is 37.0 Å². The maximum Gasteiger partial charge on any atom is 0.459 e. The summed E-state index contributed by atoms with van der Waals surface area (Å²) in [6.07, 6.45) is -3.41. The van der Waals surface area contributed by atoms with Crippen LogP contribution in [0.15, 0.2) is 48.8 Å². The highest BCUT2D eigenvalue weighted by molar-refractivity contribution is 7.52. The van der Waals surface area contributed by atoms with E-state index in [9.17, 15) is 24.1 Å². The van der Waals surface area contributed by atoms with Crippen molar-refractivity contribution in [1.82, 2.24) is 19.7 Å². The largest absolute Gasteiger partial charge is 0.461 e. The lowest BCUT2D eigenvalue weighted by atomic mass is 10.0. The van der Waals surface area contributed by atoms with Crippen molar-refractivity contribution in [2.75, 3.05) is 19.0 Å². The molecule has 5 rings (SSSR count). The number of nitrogen functional groups attached to an aromatic ring is 1. The van der Waals surface area contributed by atoms with Gasteiger partial charge in [0.2, 0.25) is 5.60 Å². The van der Waals surface area contributed by atoms with Gasteiger partial charge in [0, 0.05) is 0 Å². The number of alkyl halides is 1. The summed E-state index contributed by atoms with van der Waals surface area (Å²) in [5.41, 5.74) is 0.895. The third kappa shape index (κ3) is 7.31. The molecule has 2 aliphatic rings. The molecule has 3 heterocycles.